The average Bonchev–Trinajstić information content (AvgIpc) is 3.11. The molecule has 2 amide bonds. The molecule has 0 spiro atoms. The van der Waals surface area contributed by atoms with Gasteiger partial charge in [0, 0.05) is 12.1 Å². The number of amides is 2. The predicted molar refractivity (Wildman–Crippen MR) is 108 cm³/mol. The molecule has 28 heavy (non-hydrogen) atoms. The smallest absolute Gasteiger partial charge is 0.250 e. The predicted octanol–water partition coefficient (Wildman–Crippen LogP) is 4.07. The fourth-order valence-corrected chi connectivity index (χ4v) is 5.29. The first-order chi connectivity index (χ1) is 13.7. The summed E-state index contributed by atoms with van der Waals surface area (Å²) in [5.74, 6) is 1.01. The van der Waals surface area contributed by atoms with E-state index in [1.54, 1.807) is 7.11 Å². The molecule has 3 aliphatic rings. The van der Waals surface area contributed by atoms with E-state index in [0.29, 0.717) is 0 Å². The highest BCUT2D eigenvalue weighted by molar-refractivity contribution is 5.96. The second kappa shape index (κ2) is 8.54. The molecule has 0 aromatic heterocycles. The molecule has 0 bridgehead atoms. The minimum atomic E-state index is -0.487. The molecule has 0 N–H and O–H groups in total. The minimum Gasteiger partial charge on any atom is -0.497 e. The van der Waals surface area contributed by atoms with E-state index < -0.39 is 6.04 Å². The van der Waals surface area contributed by atoms with Crippen molar-refractivity contribution in [3.05, 3.63) is 29.8 Å². The topological polar surface area (TPSA) is 49.9 Å². The van der Waals surface area contributed by atoms with E-state index in [2.05, 4.69) is 0 Å². The number of nitrogens with zero attached hydrogens (tertiary/aromatic N) is 2. The zero-order chi connectivity index (χ0) is 19.5. The first kappa shape index (κ1) is 19.3. The molecule has 1 atom stereocenters. The van der Waals surface area contributed by atoms with E-state index >= 15 is 0 Å². The van der Waals surface area contributed by atoms with Crippen LogP contribution in [-0.2, 0) is 9.59 Å². The van der Waals surface area contributed by atoms with Gasteiger partial charge in [-0.05, 0) is 43.4 Å². The number of methoxy groups -OCH3 is 1. The molecule has 0 unspecified atom stereocenters. The molecule has 3 fully saturated rings. The van der Waals surface area contributed by atoms with Crippen molar-refractivity contribution in [2.24, 2.45) is 0 Å². The monoisotopic (exact) mass is 384 g/mol. The summed E-state index contributed by atoms with van der Waals surface area (Å²) in [6, 6.07) is 7.61. The van der Waals surface area contributed by atoms with E-state index in [9.17, 15) is 9.59 Å². The van der Waals surface area contributed by atoms with Crippen LogP contribution < -0.4 is 4.74 Å². The van der Waals surface area contributed by atoms with Crippen LogP contribution in [0, 0.1) is 0 Å². The number of benzene rings is 1. The molecular weight excluding hydrogens is 352 g/mol. The number of piperazine rings is 1. The van der Waals surface area contributed by atoms with Crippen LogP contribution in [0.3, 0.4) is 0 Å². The minimum absolute atomic E-state index is 0.114. The number of rotatable bonds is 4. The quantitative estimate of drug-likeness (QED) is 0.735. The highest BCUT2D eigenvalue weighted by atomic mass is 16.5. The molecule has 5 nitrogen and oxygen atoms in total. The highest BCUT2D eigenvalue weighted by Crippen LogP contribution is 2.37. The van der Waals surface area contributed by atoms with Gasteiger partial charge in [0.05, 0.1) is 7.11 Å². The Morgan fingerprint density at radius 2 is 1.39 bits per heavy atom. The molecule has 152 valence electrons. The Labute approximate surface area is 168 Å². The zero-order valence-corrected chi connectivity index (χ0v) is 16.9. The summed E-state index contributed by atoms with van der Waals surface area (Å²) in [5, 5.41) is 0. The first-order valence-electron chi connectivity index (χ1n) is 10.9. The average molecular weight is 385 g/mol. The molecule has 0 radical (unpaired) electrons. The normalized spacial score (nSPS) is 25.2. The Bertz CT molecular complexity index is 688. The van der Waals surface area contributed by atoms with Gasteiger partial charge in [-0.3, -0.25) is 9.59 Å². The third-order valence-corrected chi connectivity index (χ3v) is 6.80. The maximum atomic E-state index is 13.7. The number of carbonyl (C=O) groups excluding carboxylic acids is 2. The molecule has 5 heteroatoms. The summed E-state index contributed by atoms with van der Waals surface area (Å²) in [6.45, 7) is 0.257. The molecule has 1 heterocycles. The van der Waals surface area contributed by atoms with Crippen LogP contribution in [0.25, 0.3) is 0 Å². The number of carbonyl (C=O) groups is 2. The summed E-state index contributed by atoms with van der Waals surface area (Å²) in [6.07, 6.45) is 11.1. The molecule has 1 saturated heterocycles. The second-order valence-corrected chi connectivity index (χ2v) is 8.53. The van der Waals surface area contributed by atoms with Crippen molar-refractivity contribution in [2.45, 2.75) is 82.3 Å². The summed E-state index contributed by atoms with van der Waals surface area (Å²) in [4.78, 5) is 30.8. The summed E-state index contributed by atoms with van der Waals surface area (Å²) in [5.41, 5.74) is 0.907. The van der Waals surface area contributed by atoms with Crippen LogP contribution in [0.4, 0.5) is 0 Å². The van der Waals surface area contributed by atoms with E-state index in [4.69, 9.17) is 4.74 Å². The molecule has 2 aliphatic carbocycles. The standard InChI is InChI=1S/C23H32N2O3/c1-28-20-14-12-17(13-15-20)22-23(27)24(18-8-4-2-3-5-9-18)16-21(26)25(22)19-10-6-7-11-19/h12-15,18-19,22H,2-11,16H2,1H3/t22-/m0/s1. The number of ether oxygens (including phenoxy) is 1. The third kappa shape index (κ3) is 3.76. The van der Waals surface area contributed by atoms with Crippen LogP contribution >= 0.6 is 0 Å². The van der Waals surface area contributed by atoms with Crippen molar-refractivity contribution >= 4 is 11.8 Å². The van der Waals surface area contributed by atoms with E-state index in [-0.39, 0.29) is 30.4 Å². The van der Waals surface area contributed by atoms with Gasteiger partial charge < -0.3 is 14.5 Å². The Hall–Kier alpha value is -2.04. The van der Waals surface area contributed by atoms with E-state index in [0.717, 1.165) is 62.7 Å². The zero-order valence-electron chi connectivity index (χ0n) is 16.9. The summed E-state index contributed by atoms with van der Waals surface area (Å²) < 4.78 is 5.29. The molecule has 1 aliphatic heterocycles. The lowest BCUT2D eigenvalue weighted by Gasteiger charge is -2.46. The molecular formula is C23H32N2O3. The van der Waals surface area contributed by atoms with E-state index in [1.165, 1.54) is 12.8 Å². The van der Waals surface area contributed by atoms with Gasteiger partial charge in [-0.25, -0.2) is 0 Å². The molecule has 1 aromatic rings. The lowest BCUT2D eigenvalue weighted by Crippen LogP contribution is -2.60. The number of hydrogen-bond donors (Lipinski definition) is 0. The lowest BCUT2D eigenvalue weighted by molar-refractivity contribution is -0.161. The van der Waals surface area contributed by atoms with Crippen LogP contribution in [-0.4, -0.2) is 47.4 Å². The molecule has 1 aromatic carbocycles. The van der Waals surface area contributed by atoms with Gasteiger partial charge in [-0.15, -0.1) is 0 Å². The number of hydrogen-bond acceptors (Lipinski definition) is 3. The van der Waals surface area contributed by atoms with Crippen LogP contribution in [0.2, 0.25) is 0 Å². The maximum Gasteiger partial charge on any atom is 0.250 e. The third-order valence-electron chi connectivity index (χ3n) is 6.80. The fraction of sp³-hybridized carbons (Fsp3) is 0.652. The van der Waals surface area contributed by atoms with Gasteiger partial charge in [0.15, 0.2) is 0 Å². The summed E-state index contributed by atoms with van der Waals surface area (Å²) >= 11 is 0. The van der Waals surface area contributed by atoms with Crippen molar-refractivity contribution in [3.63, 3.8) is 0 Å². The Morgan fingerprint density at radius 1 is 0.821 bits per heavy atom. The maximum absolute atomic E-state index is 13.7. The van der Waals surface area contributed by atoms with Crippen molar-refractivity contribution in [2.75, 3.05) is 13.7 Å². The van der Waals surface area contributed by atoms with Gasteiger partial charge in [-0.1, -0.05) is 50.7 Å². The van der Waals surface area contributed by atoms with Gasteiger partial charge >= 0.3 is 0 Å². The Kier molecular flexibility index (Phi) is 5.88. The van der Waals surface area contributed by atoms with Gasteiger partial charge in [0.2, 0.25) is 5.91 Å². The van der Waals surface area contributed by atoms with Gasteiger partial charge in [0.25, 0.3) is 5.91 Å². The highest BCUT2D eigenvalue weighted by Gasteiger charge is 2.45. The van der Waals surface area contributed by atoms with Gasteiger partial charge in [0.1, 0.15) is 18.3 Å². The summed E-state index contributed by atoms with van der Waals surface area (Å²) in [7, 11) is 1.64. The van der Waals surface area contributed by atoms with Crippen LogP contribution in [0.5, 0.6) is 5.75 Å². The first-order valence-corrected chi connectivity index (χ1v) is 10.9. The van der Waals surface area contributed by atoms with Crippen molar-refractivity contribution < 1.29 is 14.3 Å². The second-order valence-electron chi connectivity index (χ2n) is 8.53. The van der Waals surface area contributed by atoms with Gasteiger partial charge in [-0.2, -0.15) is 0 Å². The van der Waals surface area contributed by atoms with Crippen molar-refractivity contribution in [1.82, 2.24) is 9.80 Å². The van der Waals surface area contributed by atoms with Crippen LogP contribution in [0.1, 0.15) is 75.8 Å². The SMILES string of the molecule is COc1ccc([C@H]2C(=O)N(C3CCCCCC3)CC(=O)N2C2CCCC2)cc1. The van der Waals surface area contributed by atoms with Crippen molar-refractivity contribution in [3.8, 4) is 5.75 Å². The fourth-order valence-electron chi connectivity index (χ4n) is 5.29. The largest absolute Gasteiger partial charge is 0.497 e. The Balaban J connectivity index is 1.66. The lowest BCUT2D eigenvalue weighted by atomic mass is 9.95. The Morgan fingerprint density at radius 3 is 2.00 bits per heavy atom. The molecule has 4 rings (SSSR count). The van der Waals surface area contributed by atoms with E-state index in [1.807, 2.05) is 34.1 Å². The molecule has 2 saturated carbocycles. The van der Waals surface area contributed by atoms with Crippen LogP contribution in [0.15, 0.2) is 24.3 Å². The van der Waals surface area contributed by atoms with Crippen molar-refractivity contribution in [1.29, 1.82) is 0 Å².